The van der Waals surface area contributed by atoms with Gasteiger partial charge in [-0.2, -0.15) is 0 Å². The van der Waals surface area contributed by atoms with Gasteiger partial charge in [0.2, 0.25) is 0 Å². The van der Waals surface area contributed by atoms with Crippen molar-refractivity contribution in [1.29, 1.82) is 0 Å². The molecular formula is C34H44O14. The summed E-state index contributed by atoms with van der Waals surface area (Å²) < 4.78 is 32.3. The zero-order chi connectivity index (χ0) is 35.3. The summed E-state index contributed by atoms with van der Waals surface area (Å²) in [4.78, 5) is 75.0. The van der Waals surface area contributed by atoms with Crippen molar-refractivity contribution in [2.75, 3.05) is 13.7 Å². The quantitative estimate of drug-likeness (QED) is 0.275. The molecule has 2 N–H and O–H groups in total. The number of carbonyl (C=O) groups excluding carboxylic acids is 6. The molecule has 0 spiro atoms. The second-order valence-electron chi connectivity index (χ2n) is 14.0. The number of aliphatic hydroxyl groups excluding tert-OH is 1. The Bertz CT molecular complexity index is 1430. The molecule has 0 aromatic carbocycles. The number of methoxy groups -OCH3 is 1. The maximum absolute atomic E-state index is 14.0. The van der Waals surface area contributed by atoms with Gasteiger partial charge in [0.15, 0.2) is 42.3 Å². The monoisotopic (exact) mass is 676 g/mol. The van der Waals surface area contributed by atoms with E-state index in [1.54, 1.807) is 12.2 Å². The van der Waals surface area contributed by atoms with Crippen molar-refractivity contribution in [1.82, 2.24) is 0 Å². The van der Waals surface area contributed by atoms with Crippen LogP contribution in [0.25, 0.3) is 0 Å². The van der Waals surface area contributed by atoms with E-state index >= 15 is 0 Å². The smallest absolute Gasteiger partial charge is 0.339 e. The van der Waals surface area contributed by atoms with Gasteiger partial charge in [-0.15, -0.1) is 0 Å². The standard InChI is InChI=1S/C34H44O14/c1-16(35)45-26-27(46-17(2)36)29(47-18(3)37)31(48-28(26)30(41)43-6)44-15-24(40)34(42)12-10-22-21-8-7-19-13-20(38)9-11-32(19,4)25(21)23(39)14-33(22,34)5/h9,11,13,21-23,25-29,31,39,42H,7-8,10,12,14-15H2,1-6H3/t21-,22-,23-,25+,26+,27+,28+,29-,31-,32-,33-,34-/m0/s1. The van der Waals surface area contributed by atoms with Gasteiger partial charge in [-0.1, -0.05) is 25.5 Å². The highest BCUT2D eigenvalue weighted by molar-refractivity contribution is 6.01. The zero-order valence-corrected chi connectivity index (χ0v) is 28.0. The van der Waals surface area contributed by atoms with Gasteiger partial charge < -0.3 is 38.6 Å². The molecular weight excluding hydrogens is 632 g/mol. The second kappa shape index (κ2) is 13.1. The molecule has 1 aliphatic heterocycles. The van der Waals surface area contributed by atoms with Gasteiger partial charge >= 0.3 is 23.9 Å². The van der Waals surface area contributed by atoms with Crippen molar-refractivity contribution in [2.24, 2.45) is 28.6 Å². The summed E-state index contributed by atoms with van der Waals surface area (Å²) in [5, 5.41) is 23.8. The molecule has 14 nitrogen and oxygen atoms in total. The van der Waals surface area contributed by atoms with E-state index in [4.69, 9.17) is 28.4 Å². The Balaban J connectivity index is 1.39. The molecule has 1 heterocycles. The van der Waals surface area contributed by atoms with Gasteiger partial charge in [0, 0.05) is 37.5 Å². The fraction of sp³-hybridized carbons (Fsp3) is 0.706. The number of hydrogen-bond donors (Lipinski definition) is 2. The summed E-state index contributed by atoms with van der Waals surface area (Å²) in [7, 11) is 1.05. The summed E-state index contributed by atoms with van der Waals surface area (Å²) in [6.45, 7) is 6.25. The SMILES string of the molecule is COC(=O)[C@@H]1O[C@H](OCC(=O)[C@@]2(O)CC[C@H]3[C@@H]4CCC5=CC(=O)C=C[C@]5(C)[C@H]4[C@@H](O)C[C@@]32C)[C@@H](OC(C)=O)[C@H](OC(C)=O)[C@H]1OC(C)=O. The van der Waals surface area contributed by atoms with E-state index in [0.29, 0.717) is 19.3 Å². The molecule has 0 aromatic rings. The highest BCUT2D eigenvalue weighted by Gasteiger charge is 2.68. The normalized spacial score (nSPS) is 41.5. The van der Waals surface area contributed by atoms with Gasteiger partial charge in [-0.25, -0.2) is 4.79 Å². The average molecular weight is 677 g/mol. The lowest BCUT2D eigenvalue weighted by molar-refractivity contribution is -0.300. The first-order chi connectivity index (χ1) is 22.5. The molecule has 264 valence electrons. The lowest BCUT2D eigenvalue weighted by atomic mass is 9.46. The molecule has 48 heavy (non-hydrogen) atoms. The second-order valence-corrected chi connectivity index (χ2v) is 14.0. The third kappa shape index (κ3) is 6.01. The van der Waals surface area contributed by atoms with Crippen molar-refractivity contribution in [3.05, 3.63) is 23.8 Å². The van der Waals surface area contributed by atoms with Gasteiger partial charge in [0.05, 0.1) is 13.2 Å². The van der Waals surface area contributed by atoms with E-state index in [2.05, 4.69) is 0 Å². The molecule has 0 amide bonds. The Morgan fingerprint density at radius 3 is 2.21 bits per heavy atom. The van der Waals surface area contributed by atoms with Crippen molar-refractivity contribution < 1.29 is 67.4 Å². The molecule has 0 unspecified atom stereocenters. The van der Waals surface area contributed by atoms with Crippen LogP contribution >= 0.6 is 0 Å². The highest BCUT2D eigenvalue weighted by atomic mass is 16.7. The predicted molar refractivity (Wildman–Crippen MR) is 161 cm³/mol. The minimum absolute atomic E-state index is 0.0277. The van der Waals surface area contributed by atoms with Crippen LogP contribution in [0.4, 0.5) is 0 Å². The fourth-order valence-electron chi connectivity index (χ4n) is 9.28. The van der Waals surface area contributed by atoms with E-state index in [-0.39, 0.29) is 36.4 Å². The van der Waals surface area contributed by atoms with Crippen LogP contribution in [0.1, 0.15) is 66.7 Å². The Kier molecular flexibility index (Phi) is 9.78. The van der Waals surface area contributed by atoms with Crippen molar-refractivity contribution in [2.45, 2.75) is 109 Å². The van der Waals surface area contributed by atoms with Gasteiger partial charge in [0.1, 0.15) is 12.2 Å². The number of hydrogen-bond acceptors (Lipinski definition) is 14. The van der Waals surface area contributed by atoms with E-state index < -0.39 is 89.5 Å². The largest absolute Gasteiger partial charge is 0.467 e. The predicted octanol–water partition coefficient (Wildman–Crippen LogP) is 1.27. The van der Waals surface area contributed by atoms with Crippen LogP contribution in [0.2, 0.25) is 0 Å². The Labute approximate surface area is 278 Å². The molecule has 5 rings (SSSR count). The highest BCUT2D eigenvalue weighted by Crippen LogP contribution is 2.67. The number of esters is 4. The van der Waals surface area contributed by atoms with Crippen LogP contribution < -0.4 is 0 Å². The number of aliphatic hydroxyl groups is 2. The number of ketones is 2. The lowest BCUT2D eigenvalue weighted by Crippen LogP contribution is -2.64. The van der Waals surface area contributed by atoms with Crippen LogP contribution in [0.15, 0.2) is 23.8 Å². The Morgan fingerprint density at radius 2 is 1.58 bits per heavy atom. The van der Waals surface area contributed by atoms with Crippen LogP contribution in [0, 0.1) is 28.6 Å². The number of carbonyl (C=O) groups is 6. The average Bonchev–Trinajstić information content (AvgIpc) is 3.27. The molecule has 14 heteroatoms. The van der Waals surface area contributed by atoms with Crippen molar-refractivity contribution in [3.63, 3.8) is 0 Å². The molecule has 12 atom stereocenters. The molecule has 3 saturated carbocycles. The summed E-state index contributed by atoms with van der Waals surface area (Å²) in [5.74, 6) is -4.74. The molecule has 0 bridgehead atoms. The van der Waals surface area contributed by atoms with Crippen molar-refractivity contribution >= 4 is 35.4 Å². The number of Topliss-reactive ketones (excluding diaryl/α,β-unsaturated/α-hetero) is 1. The number of rotatable bonds is 8. The summed E-state index contributed by atoms with van der Waals surface area (Å²) in [5.41, 5.74) is -2.48. The Hall–Kier alpha value is -3.46. The molecule has 4 fully saturated rings. The molecule has 0 radical (unpaired) electrons. The fourth-order valence-corrected chi connectivity index (χ4v) is 9.28. The minimum Gasteiger partial charge on any atom is -0.467 e. The van der Waals surface area contributed by atoms with Crippen LogP contribution in [-0.4, -0.2) is 102 Å². The maximum atomic E-state index is 14.0. The number of fused-ring (bicyclic) bond motifs is 5. The third-order valence-corrected chi connectivity index (χ3v) is 11.3. The van der Waals surface area contributed by atoms with Crippen LogP contribution in [0.5, 0.6) is 0 Å². The van der Waals surface area contributed by atoms with E-state index in [0.717, 1.165) is 33.5 Å². The maximum Gasteiger partial charge on any atom is 0.339 e. The van der Waals surface area contributed by atoms with Gasteiger partial charge in [-0.05, 0) is 56.1 Å². The van der Waals surface area contributed by atoms with Gasteiger partial charge in [0.25, 0.3) is 0 Å². The molecule has 4 aliphatic carbocycles. The zero-order valence-electron chi connectivity index (χ0n) is 28.0. The molecule has 1 saturated heterocycles. The summed E-state index contributed by atoms with van der Waals surface area (Å²) in [6, 6.07) is 0. The summed E-state index contributed by atoms with van der Waals surface area (Å²) >= 11 is 0. The number of ether oxygens (including phenoxy) is 6. The Morgan fingerprint density at radius 1 is 0.958 bits per heavy atom. The first kappa shape index (κ1) is 35.8. The first-order valence-electron chi connectivity index (χ1n) is 16.2. The number of allylic oxidation sites excluding steroid dienone is 4. The van der Waals surface area contributed by atoms with E-state index in [1.807, 2.05) is 19.9 Å². The third-order valence-electron chi connectivity index (χ3n) is 11.3. The first-order valence-corrected chi connectivity index (χ1v) is 16.2. The molecule has 0 aromatic heterocycles. The lowest BCUT2D eigenvalue weighted by Gasteiger charge is -2.59. The van der Waals surface area contributed by atoms with Crippen LogP contribution in [0.3, 0.4) is 0 Å². The molecule has 5 aliphatic rings. The minimum atomic E-state index is -1.91. The topological polar surface area (TPSA) is 198 Å². The van der Waals surface area contributed by atoms with Crippen molar-refractivity contribution in [3.8, 4) is 0 Å². The van der Waals surface area contributed by atoms with E-state index in [9.17, 15) is 39.0 Å². The van der Waals surface area contributed by atoms with Gasteiger partial charge in [-0.3, -0.25) is 24.0 Å². The summed E-state index contributed by atoms with van der Waals surface area (Å²) in [6.07, 6.45) is -1.86. The van der Waals surface area contributed by atoms with E-state index in [1.165, 1.54) is 0 Å². The van der Waals surface area contributed by atoms with Crippen LogP contribution in [-0.2, 0) is 57.2 Å².